The van der Waals surface area contributed by atoms with E-state index in [0.29, 0.717) is 0 Å². The van der Waals surface area contributed by atoms with E-state index in [1.54, 1.807) is 0 Å². The van der Waals surface area contributed by atoms with Crippen molar-refractivity contribution < 1.29 is 85.8 Å². The van der Waals surface area contributed by atoms with E-state index in [4.69, 9.17) is 25.2 Å². The standard InChI is InChI=1S/C2H4O2.ClH.NO3.3Zn/c1-2(3)4;;2-1(3)4;;;/h1H3,(H,3,4);1H;;;;/q;;-1;3*+2/p-2. The second-order valence-corrected chi connectivity index (χ2v) is 0.715. The molecule has 0 N–H and O–H groups in total. The van der Waals surface area contributed by atoms with Crippen molar-refractivity contribution >= 4 is 5.97 Å². The molecule has 0 aromatic heterocycles. The zero-order valence-electron chi connectivity index (χ0n) is 6.49. The van der Waals surface area contributed by atoms with Crippen molar-refractivity contribution in [1.82, 2.24) is 0 Å². The van der Waals surface area contributed by atoms with Crippen LogP contribution in [-0.4, -0.2) is 11.1 Å². The molecule has 0 amide bonds. The van der Waals surface area contributed by atoms with Gasteiger partial charge < -0.3 is 37.6 Å². The quantitative estimate of drug-likeness (QED) is 0.248. The fraction of sp³-hybridized carbons (Fsp3) is 0.500. The maximum Gasteiger partial charge on any atom is 2.00 e. The van der Waals surface area contributed by atoms with Crippen molar-refractivity contribution in [3.8, 4) is 0 Å². The zero-order chi connectivity index (χ0) is 7.15. The third-order valence-corrected chi connectivity index (χ3v) is 0. The number of carboxylic acid groups (broad SMARTS) is 1. The minimum Gasteiger partial charge on any atom is -1.00 e. The molecular formula is C2H3ClNO5Zn3+3. The third-order valence-electron chi connectivity index (χ3n) is 0. The van der Waals surface area contributed by atoms with Crippen molar-refractivity contribution in [2.75, 3.05) is 0 Å². The van der Waals surface area contributed by atoms with Gasteiger partial charge in [-0.15, -0.1) is 0 Å². The van der Waals surface area contributed by atoms with Gasteiger partial charge in [-0.2, -0.15) is 0 Å². The molecule has 0 rings (SSSR count). The Morgan fingerprint density at radius 3 is 1.17 bits per heavy atom. The molecule has 0 saturated carbocycles. The maximum absolute atomic E-state index is 8.89. The van der Waals surface area contributed by atoms with Crippen LogP contribution < -0.4 is 17.5 Å². The molecule has 0 aliphatic heterocycles. The predicted octanol–water partition coefficient (Wildman–Crippen LogP) is -4.49. The summed E-state index contributed by atoms with van der Waals surface area (Å²) in [6.07, 6.45) is 0. The van der Waals surface area contributed by atoms with Crippen molar-refractivity contribution in [2.24, 2.45) is 0 Å². The first kappa shape index (κ1) is 38.5. The Labute approximate surface area is 113 Å². The first-order valence-electron chi connectivity index (χ1n) is 1.46. The van der Waals surface area contributed by atoms with Gasteiger partial charge in [0.2, 0.25) is 0 Å². The summed E-state index contributed by atoms with van der Waals surface area (Å²) in [5, 5.41) is 23.6. The Morgan fingerprint density at radius 2 is 1.17 bits per heavy atom. The summed E-state index contributed by atoms with van der Waals surface area (Å²) >= 11 is 0. The van der Waals surface area contributed by atoms with Crippen molar-refractivity contribution in [1.29, 1.82) is 0 Å². The van der Waals surface area contributed by atoms with Gasteiger partial charge in [0.25, 0.3) is 0 Å². The minimum atomic E-state index is -1.75. The van der Waals surface area contributed by atoms with Crippen LogP contribution in [0.2, 0.25) is 0 Å². The van der Waals surface area contributed by atoms with E-state index in [-0.39, 0.29) is 70.8 Å². The van der Waals surface area contributed by atoms with Gasteiger partial charge in [-0.3, -0.25) is 0 Å². The van der Waals surface area contributed by atoms with Crippen LogP contribution in [0.25, 0.3) is 0 Å². The van der Waals surface area contributed by atoms with Gasteiger partial charge in [0.1, 0.15) is 0 Å². The molecular weight excluding hydrogens is 350 g/mol. The monoisotopic (exact) mass is 348 g/mol. The number of rotatable bonds is 0. The molecule has 0 unspecified atom stereocenters. The van der Waals surface area contributed by atoms with E-state index in [1.807, 2.05) is 0 Å². The molecule has 12 heavy (non-hydrogen) atoms. The van der Waals surface area contributed by atoms with Gasteiger partial charge in [-0.05, 0) is 6.92 Å². The average molecular weight is 353 g/mol. The molecule has 10 heteroatoms. The van der Waals surface area contributed by atoms with Gasteiger partial charge in [0.05, 0.1) is 5.09 Å². The average Bonchev–Trinajstić information content (AvgIpc) is 1.25. The number of hydrogen-bond acceptors (Lipinski definition) is 5. The molecule has 0 aromatic rings. The summed E-state index contributed by atoms with van der Waals surface area (Å²) in [5.74, 6) is -1.08. The number of carbonyl (C=O) groups excluding carboxylic acids is 1. The Hall–Kier alpha value is 0.830. The molecule has 0 spiro atoms. The smallest absolute Gasteiger partial charge is 1.00 e. The summed E-state index contributed by atoms with van der Waals surface area (Å²) in [5.41, 5.74) is 0. The van der Waals surface area contributed by atoms with Crippen LogP contribution >= 0.6 is 0 Å². The normalized spacial score (nSPS) is 4.08. The molecule has 0 aliphatic rings. The van der Waals surface area contributed by atoms with E-state index < -0.39 is 11.1 Å². The number of hydrogen-bond donors (Lipinski definition) is 0. The summed E-state index contributed by atoms with van der Waals surface area (Å²) < 4.78 is 0. The van der Waals surface area contributed by atoms with Gasteiger partial charge in [0.15, 0.2) is 0 Å². The Balaban J connectivity index is -0.0000000112. The maximum atomic E-state index is 8.89. The van der Waals surface area contributed by atoms with Gasteiger partial charge >= 0.3 is 58.4 Å². The molecule has 0 radical (unpaired) electrons. The second kappa shape index (κ2) is 29.7. The van der Waals surface area contributed by atoms with Crippen LogP contribution in [0.3, 0.4) is 0 Å². The first-order valence-corrected chi connectivity index (χ1v) is 1.46. The van der Waals surface area contributed by atoms with Crippen molar-refractivity contribution in [3.05, 3.63) is 15.3 Å². The third kappa shape index (κ3) is 1520. The van der Waals surface area contributed by atoms with E-state index >= 15 is 0 Å². The van der Waals surface area contributed by atoms with Crippen LogP contribution in [0, 0.1) is 15.3 Å². The van der Waals surface area contributed by atoms with E-state index in [0.717, 1.165) is 6.92 Å². The van der Waals surface area contributed by atoms with Crippen molar-refractivity contribution in [2.45, 2.75) is 6.92 Å². The molecule has 0 saturated heterocycles. The summed E-state index contributed by atoms with van der Waals surface area (Å²) in [6, 6.07) is 0. The minimum absolute atomic E-state index is 0. The van der Waals surface area contributed by atoms with Gasteiger partial charge in [-0.25, -0.2) is 0 Å². The largest absolute Gasteiger partial charge is 2.00 e. The summed E-state index contributed by atoms with van der Waals surface area (Å²) in [6.45, 7) is 0.972. The molecule has 0 fully saturated rings. The number of nitrogens with zero attached hydrogens (tertiary/aromatic N) is 1. The number of halogens is 1. The molecule has 0 aromatic carbocycles. The van der Waals surface area contributed by atoms with E-state index in [2.05, 4.69) is 0 Å². The van der Waals surface area contributed by atoms with Gasteiger partial charge in [-0.1, -0.05) is 0 Å². The van der Waals surface area contributed by atoms with Crippen LogP contribution in [0.15, 0.2) is 0 Å². The Kier molecular flexibility index (Phi) is 95.4. The van der Waals surface area contributed by atoms with Crippen LogP contribution in [0.5, 0.6) is 0 Å². The molecule has 56 valence electrons. The summed E-state index contributed by atoms with van der Waals surface area (Å²) in [7, 11) is 0. The van der Waals surface area contributed by atoms with Crippen LogP contribution in [0.1, 0.15) is 6.92 Å². The number of aliphatic carboxylic acids is 1. The molecule has 0 bridgehead atoms. The van der Waals surface area contributed by atoms with E-state index in [9.17, 15) is 0 Å². The SMILES string of the molecule is CC(=O)[O-].O=[N+]([O-])[O-].[Cl-].[Zn+2].[Zn+2].[Zn+2]. The van der Waals surface area contributed by atoms with Gasteiger partial charge in [0, 0.05) is 5.97 Å². The zero-order valence-corrected chi connectivity index (χ0v) is 16.1. The van der Waals surface area contributed by atoms with Crippen LogP contribution in [0.4, 0.5) is 0 Å². The molecule has 6 nitrogen and oxygen atoms in total. The number of carbonyl (C=O) groups is 1. The second-order valence-electron chi connectivity index (χ2n) is 0.715. The Morgan fingerprint density at radius 1 is 1.17 bits per heavy atom. The summed E-state index contributed by atoms with van der Waals surface area (Å²) in [4.78, 5) is 17.1. The molecule has 0 atom stereocenters. The van der Waals surface area contributed by atoms with E-state index in [1.165, 1.54) is 0 Å². The topological polar surface area (TPSA) is 106 Å². The fourth-order valence-electron chi connectivity index (χ4n) is 0. The number of carboxylic acids is 1. The predicted molar refractivity (Wildman–Crippen MR) is 21.0 cm³/mol. The molecule has 0 aliphatic carbocycles. The fourth-order valence-corrected chi connectivity index (χ4v) is 0. The Bertz CT molecular complexity index is 82.7. The van der Waals surface area contributed by atoms with Crippen LogP contribution in [-0.2, 0) is 63.2 Å². The van der Waals surface area contributed by atoms with Crippen molar-refractivity contribution in [3.63, 3.8) is 0 Å². The molecule has 0 heterocycles. The first-order chi connectivity index (χ1) is 3.46.